The van der Waals surface area contributed by atoms with Crippen molar-refractivity contribution in [3.8, 4) is 11.1 Å². The molecule has 0 spiro atoms. The first-order valence-electron chi connectivity index (χ1n) is 12.3. The Morgan fingerprint density at radius 1 is 1.11 bits per heavy atom. The normalized spacial score (nSPS) is 14.3. The Kier molecular flexibility index (Phi) is 7.42. The van der Waals surface area contributed by atoms with Crippen molar-refractivity contribution in [2.24, 2.45) is 0 Å². The molecule has 0 atom stereocenters. The average Bonchev–Trinajstić information content (AvgIpc) is 3.35. The van der Waals surface area contributed by atoms with E-state index in [0.717, 1.165) is 22.1 Å². The lowest BCUT2D eigenvalue weighted by Gasteiger charge is -2.28. The zero-order valence-corrected chi connectivity index (χ0v) is 21.2. The number of fused-ring (bicyclic) bond motifs is 1. The number of pyridine rings is 1. The highest BCUT2D eigenvalue weighted by molar-refractivity contribution is 6.35. The van der Waals surface area contributed by atoms with E-state index in [1.165, 1.54) is 6.08 Å². The first kappa shape index (κ1) is 25.5. The van der Waals surface area contributed by atoms with Crippen molar-refractivity contribution in [2.45, 2.75) is 25.6 Å². The Morgan fingerprint density at radius 2 is 1.87 bits per heavy atom. The van der Waals surface area contributed by atoms with E-state index in [2.05, 4.69) is 10.3 Å². The quantitative estimate of drug-likeness (QED) is 0.313. The van der Waals surface area contributed by atoms with E-state index >= 15 is 0 Å². The van der Waals surface area contributed by atoms with Gasteiger partial charge in [-0.25, -0.2) is 9.37 Å². The summed E-state index contributed by atoms with van der Waals surface area (Å²) in [5.74, 6) is 0.612. The van der Waals surface area contributed by atoms with Gasteiger partial charge in [-0.3, -0.25) is 9.59 Å². The number of nitrogens with one attached hydrogen (secondary N) is 1. The molecule has 1 fully saturated rings. The molecule has 5 rings (SSSR count). The van der Waals surface area contributed by atoms with Crippen molar-refractivity contribution in [1.82, 2.24) is 15.2 Å². The molecule has 1 aliphatic rings. The summed E-state index contributed by atoms with van der Waals surface area (Å²) < 4.78 is 19.3. The van der Waals surface area contributed by atoms with Crippen LogP contribution < -0.4 is 11.1 Å². The van der Waals surface area contributed by atoms with Gasteiger partial charge in [0.05, 0.1) is 11.6 Å². The first-order chi connectivity index (χ1) is 18.4. The maximum atomic E-state index is 13.4. The van der Waals surface area contributed by atoms with E-state index in [4.69, 9.17) is 21.8 Å². The molecule has 0 bridgehead atoms. The van der Waals surface area contributed by atoms with Gasteiger partial charge in [-0.1, -0.05) is 23.7 Å². The monoisotopic (exact) mass is 532 g/mol. The standard InChI is InChI=1S/C29H26ClFN4O3/c30-25-15-21(19-3-5-20(6-4-19)29(37)35-11-9-23(31)10-12-35)13-22-14-24(38-28(22)25)17-34-27(36)8-2-18-1-7-26(32)33-16-18/h1-8,13-16,23H,9-12,17H2,(H2,32,33)(H,34,36). The zero-order chi connectivity index (χ0) is 26.6. The molecule has 2 aromatic carbocycles. The number of amides is 2. The van der Waals surface area contributed by atoms with Crippen molar-refractivity contribution >= 4 is 46.3 Å². The van der Waals surface area contributed by atoms with Crippen LogP contribution in [0.4, 0.5) is 10.2 Å². The number of benzene rings is 2. The van der Waals surface area contributed by atoms with Gasteiger partial charge in [-0.15, -0.1) is 0 Å². The molecule has 2 amide bonds. The van der Waals surface area contributed by atoms with Crippen LogP contribution in [0.1, 0.15) is 34.5 Å². The average molecular weight is 533 g/mol. The minimum absolute atomic E-state index is 0.0848. The number of aromatic nitrogens is 1. The Labute approximate surface area is 224 Å². The number of hydrogen-bond donors (Lipinski definition) is 2. The molecular formula is C29H26ClFN4O3. The lowest BCUT2D eigenvalue weighted by atomic mass is 10.0. The number of carbonyl (C=O) groups excluding carboxylic acids is 2. The molecule has 0 aliphatic carbocycles. The summed E-state index contributed by atoms with van der Waals surface area (Å²) in [5, 5.41) is 4.03. The van der Waals surface area contributed by atoms with Crippen LogP contribution in [0, 0.1) is 0 Å². The zero-order valence-electron chi connectivity index (χ0n) is 20.5. The molecular weight excluding hydrogens is 507 g/mol. The molecule has 1 saturated heterocycles. The number of hydrogen-bond acceptors (Lipinski definition) is 5. The number of alkyl halides is 1. The van der Waals surface area contributed by atoms with Crippen LogP contribution in [0.15, 0.2) is 71.3 Å². The van der Waals surface area contributed by atoms with E-state index in [0.29, 0.717) is 53.7 Å². The topological polar surface area (TPSA) is 101 Å². The van der Waals surface area contributed by atoms with Crippen LogP contribution >= 0.6 is 11.6 Å². The number of nitrogen functional groups attached to an aromatic ring is 1. The number of halogens is 2. The van der Waals surface area contributed by atoms with Gasteiger partial charge in [-0.2, -0.15) is 0 Å². The van der Waals surface area contributed by atoms with E-state index in [1.807, 2.05) is 30.3 Å². The second-order valence-corrected chi connectivity index (χ2v) is 9.61. The Bertz CT molecular complexity index is 1490. The minimum Gasteiger partial charge on any atom is -0.458 e. The second kappa shape index (κ2) is 11.1. The third kappa shape index (κ3) is 5.86. The lowest BCUT2D eigenvalue weighted by molar-refractivity contribution is -0.116. The van der Waals surface area contributed by atoms with Gasteiger partial charge < -0.3 is 20.4 Å². The number of piperidine rings is 1. The first-order valence-corrected chi connectivity index (χ1v) is 12.7. The number of likely N-dealkylation sites (tertiary alicyclic amines) is 1. The molecule has 0 saturated carbocycles. The summed E-state index contributed by atoms with van der Waals surface area (Å²) in [6, 6.07) is 16.3. The van der Waals surface area contributed by atoms with Crippen LogP contribution in [-0.2, 0) is 11.3 Å². The summed E-state index contributed by atoms with van der Waals surface area (Å²) in [6.07, 6.45) is 4.59. The smallest absolute Gasteiger partial charge is 0.253 e. The predicted octanol–water partition coefficient (Wildman–Crippen LogP) is 5.63. The largest absolute Gasteiger partial charge is 0.458 e. The summed E-state index contributed by atoms with van der Waals surface area (Å²) in [6.45, 7) is 1.07. The van der Waals surface area contributed by atoms with Crippen LogP contribution in [-0.4, -0.2) is 41.0 Å². The molecule has 38 heavy (non-hydrogen) atoms. The number of nitrogens with two attached hydrogens (primary N) is 1. The van der Waals surface area contributed by atoms with Crippen molar-refractivity contribution < 1.29 is 18.4 Å². The molecule has 3 heterocycles. The number of carbonyl (C=O) groups is 2. The molecule has 7 nitrogen and oxygen atoms in total. The summed E-state index contributed by atoms with van der Waals surface area (Å²) >= 11 is 6.51. The molecule has 2 aromatic heterocycles. The van der Waals surface area contributed by atoms with Gasteiger partial charge in [-0.05, 0) is 78.1 Å². The second-order valence-electron chi connectivity index (χ2n) is 9.20. The summed E-state index contributed by atoms with van der Waals surface area (Å²) in [5.41, 5.74) is 9.20. The van der Waals surface area contributed by atoms with Crippen molar-refractivity contribution in [1.29, 1.82) is 0 Å². The highest BCUT2D eigenvalue weighted by Gasteiger charge is 2.23. The predicted molar refractivity (Wildman–Crippen MR) is 146 cm³/mol. The lowest BCUT2D eigenvalue weighted by Crippen LogP contribution is -2.39. The molecule has 194 valence electrons. The summed E-state index contributed by atoms with van der Waals surface area (Å²) in [4.78, 5) is 30.6. The number of nitrogens with zero attached hydrogens (tertiary/aromatic N) is 2. The molecule has 0 radical (unpaired) electrons. The van der Waals surface area contributed by atoms with Crippen molar-refractivity contribution in [3.63, 3.8) is 0 Å². The molecule has 1 aliphatic heterocycles. The van der Waals surface area contributed by atoms with Gasteiger partial charge in [0.1, 0.15) is 17.7 Å². The fraction of sp³-hybridized carbons (Fsp3) is 0.207. The Balaban J connectivity index is 1.25. The Hall–Kier alpha value is -4.17. The maximum Gasteiger partial charge on any atom is 0.253 e. The molecule has 4 aromatic rings. The SMILES string of the molecule is Nc1ccc(C=CC(=O)NCc2cc3cc(-c4ccc(C(=O)N5CCC(F)CC5)cc4)cc(Cl)c3o2)cn1. The van der Waals surface area contributed by atoms with Crippen molar-refractivity contribution in [3.05, 3.63) is 88.8 Å². The van der Waals surface area contributed by atoms with Crippen LogP contribution in [0.25, 0.3) is 28.2 Å². The summed E-state index contributed by atoms with van der Waals surface area (Å²) in [7, 11) is 0. The van der Waals surface area contributed by atoms with Gasteiger partial charge >= 0.3 is 0 Å². The van der Waals surface area contributed by atoms with Crippen LogP contribution in [0.2, 0.25) is 5.02 Å². The maximum absolute atomic E-state index is 13.4. The highest BCUT2D eigenvalue weighted by atomic mass is 35.5. The van der Waals surface area contributed by atoms with E-state index in [1.54, 1.807) is 41.4 Å². The third-order valence-electron chi connectivity index (χ3n) is 6.47. The number of anilines is 1. The van der Waals surface area contributed by atoms with Gasteiger partial charge in [0.2, 0.25) is 5.91 Å². The van der Waals surface area contributed by atoms with Crippen LogP contribution in [0.3, 0.4) is 0 Å². The minimum atomic E-state index is -0.823. The van der Waals surface area contributed by atoms with E-state index in [-0.39, 0.29) is 18.4 Å². The van der Waals surface area contributed by atoms with Crippen LogP contribution in [0.5, 0.6) is 0 Å². The molecule has 0 unspecified atom stereocenters. The number of furan rings is 1. The fourth-order valence-electron chi connectivity index (χ4n) is 4.38. The Morgan fingerprint density at radius 3 is 2.58 bits per heavy atom. The molecule has 9 heteroatoms. The van der Waals surface area contributed by atoms with Crippen molar-refractivity contribution in [2.75, 3.05) is 18.8 Å². The molecule has 3 N–H and O–H groups in total. The van der Waals surface area contributed by atoms with Gasteiger partial charge in [0.25, 0.3) is 5.91 Å². The third-order valence-corrected chi connectivity index (χ3v) is 6.75. The number of rotatable bonds is 6. The van der Waals surface area contributed by atoms with Gasteiger partial charge in [0, 0.05) is 36.3 Å². The van der Waals surface area contributed by atoms with Gasteiger partial charge in [0.15, 0.2) is 5.58 Å². The fourth-order valence-corrected chi connectivity index (χ4v) is 4.64. The highest BCUT2D eigenvalue weighted by Crippen LogP contribution is 2.33. The van der Waals surface area contributed by atoms with E-state index in [9.17, 15) is 14.0 Å². The van der Waals surface area contributed by atoms with E-state index < -0.39 is 6.17 Å².